The molecule has 0 aliphatic rings. The standard InChI is InChI=1S/C9H11NO4S/c11-5-7(12)6-15-9-4-2-1-3-8(9)10(13)14/h1-4,7,11-12H,5-6H2. The monoisotopic (exact) mass is 229 g/mol. The molecule has 0 aromatic heterocycles. The van der Waals surface area contributed by atoms with Crippen molar-refractivity contribution in [1.82, 2.24) is 0 Å². The second kappa shape index (κ2) is 5.69. The lowest BCUT2D eigenvalue weighted by Gasteiger charge is -2.06. The highest BCUT2D eigenvalue weighted by molar-refractivity contribution is 7.99. The Labute approximate surface area is 90.9 Å². The normalized spacial score (nSPS) is 12.4. The summed E-state index contributed by atoms with van der Waals surface area (Å²) in [5, 5.41) is 28.3. The number of benzene rings is 1. The molecule has 0 aliphatic carbocycles. The summed E-state index contributed by atoms with van der Waals surface area (Å²) in [5.74, 6) is 0.237. The van der Waals surface area contributed by atoms with Crippen LogP contribution in [-0.4, -0.2) is 33.6 Å². The predicted octanol–water partition coefficient (Wildman–Crippen LogP) is 1.04. The Hall–Kier alpha value is -1.11. The van der Waals surface area contributed by atoms with Crippen molar-refractivity contribution in [1.29, 1.82) is 0 Å². The molecule has 0 radical (unpaired) electrons. The van der Waals surface area contributed by atoms with Crippen LogP contribution in [0.4, 0.5) is 5.69 Å². The third-order valence-electron chi connectivity index (χ3n) is 1.70. The van der Waals surface area contributed by atoms with E-state index in [1.807, 2.05) is 0 Å². The lowest BCUT2D eigenvalue weighted by atomic mass is 10.3. The highest BCUT2D eigenvalue weighted by Crippen LogP contribution is 2.28. The van der Waals surface area contributed by atoms with Crippen molar-refractivity contribution in [2.45, 2.75) is 11.0 Å². The van der Waals surface area contributed by atoms with Gasteiger partial charge in [0.15, 0.2) is 0 Å². The first-order valence-corrected chi connectivity index (χ1v) is 5.29. The van der Waals surface area contributed by atoms with Crippen molar-refractivity contribution >= 4 is 17.4 Å². The molecule has 0 amide bonds. The molecule has 5 nitrogen and oxygen atoms in total. The van der Waals surface area contributed by atoms with Gasteiger partial charge in [0.05, 0.1) is 22.5 Å². The molecule has 0 bridgehead atoms. The van der Waals surface area contributed by atoms with Crippen LogP contribution in [0.3, 0.4) is 0 Å². The number of hydrogen-bond donors (Lipinski definition) is 2. The lowest BCUT2D eigenvalue weighted by molar-refractivity contribution is -0.387. The number of nitrogens with zero attached hydrogens (tertiary/aromatic N) is 1. The molecule has 15 heavy (non-hydrogen) atoms. The van der Waals surface area contributed by atoms with Crippen LogP contribution >= 0.6 is 11.8 Å². The number of hydrogen-bond acceptors (Lipinski definition) is 5. The van der Waals surface area contributed by atoms with E-state index in [4.69, 9.17) is 10.2 Å². The molecule has 2 N–H and O–H groups in total. The van der Waals surface area contributed by atoms with E-state index in [0.29, 0.717) is 4.90 Å². The van der Waals surface area contributed by atoms with Crippen molar-refractivity contribution in [3.63, 3.8) is 0 Å². The fraction of sp³-hybridized carbons (Fsp3) is 0.333. The number of rotatable bonds is 5. The number of nitro groups is 1. The Bertz CT molecular complexity index is 345. The van der Waals surface area contributed by atoms with Crippen LogP contribution in [0.5, 0.6) is 0 Å². The average molecular weight is 229 g/mol. The topological polar surface area (TPSA) is 83.6 Å². The zero-order valence-corrected chi connectivity index (χ0v) is 8.68. The van der Waals surface area contributed by atoms with E-state index in [-0.39, 0.29) is 18.0 Å². The fourth-order valence-corrected chi connectivity index (χ4v) is 1.91. The van der Waals surface area contributed by atoms with Gasteiger partial charge < -0.3 is 10.2 Å². The molecule has 0 saturated carbocycles. The van der Waals surface area contributed by atoms with E-state index >= 15 is 0 Å². The van der Waals surface area contributed by atoms with E-state index in [9.17, 15) is 10.1 Å². The zero-order valence-electron chi connectivity index (χ0n) is 7.87. The molecular formula is C9H11NO4S. The number of thioether (sulfide) groups is 1. The minimum Gasteiger partial charge on any atom is -0.394 e. The summed E-state index contributed by atoms with van der Waals surface area (Å²) < 4.78 is 0. The highest BCUT2D eigenvalue weighted by Gasteiger charge is 2.13. The minimum atomic E-state index is -0.852. The van der Waals surface area contributed by atoms with Gasteiger partial charge in [0, 0.05) is 11.8 Å². The molecule has 1 rings (SSSR count). The van der Waals surface area contributed by atoms with Crippen LogP contribution in [0.15, 0.2) is 29.2 Å². The molecule has 1 atom stereocenters. The van der Waals surface area contributed by atoms with Crippen LogP contribution in [0, 0.1) is 10.1 Å². The van der Waals surface area contributed by atoms with Gasteiger partial charge in [-0.1, -0.05) is 12.1 Å². The van der Waals surface area contributed by atoms with Gasteiger partial charge in [0.1, 0.15) is 0 Å². The summed E-state index contributed by atoms with van der Waals surface area (Å²) in [5.41, 5.74) is 0.0210. The Kier molecular flexibility index (Phi) is 4.54. The summed E-state index contributed by atoms with van der Waals surface area (Å²) in [4.78, 5) is 10.6. The van der Waals surface area contributed by atoms with E-state index in [1.165, 1.54) is 6.07 Å². The van der Waals surface area contributed by atoms with Crippen LogP contribution in [0.1, 0.15) is 0 Å². The Morgan fingerprint density at radius 1 is 1.47 bits per heavy atom. The van der Waals surface area contributed by atoms with Gasteiger partial charge >= 0.3 is 0 Å². The zero-order chi connectivity index (χ0) is 11.3. The minimum absolute atomic E-state index is 0.0210. The van der Waals surface area contributed by atoms with E-state index < -0.39 is 11.0 Å². The molecule has 1 aromatic rings. The molecule has 1 aromatic carbocycles. The summed E-state index contributed by atoms with van der Waals surface area (Å²) in [6.07, 6.45) is -0.852. The molecule has 0 aliphatic heterocycles. The van der Waals surface area contributed by atoms with Crippen molar-refractivity contribution in [3.05, 3.63) is 34.4 Å². The predicted molar refractivity (Wildman–Crippen MR) is 56.9 cm³/mol. The van der Waals surface area contributed by atoms with Crippen molar-refractivity contribution in [2.24, 2.45) is 0 Å². The van der Waals surface area contributed by atoms with Gasteiger partial charge in [-0.25, -0.2) is 0 Å². The van der Waals surface area contributed by atoms with E-state index in [0.717, 1.165) is 11.8 Å². The Balaban J connectivity index is 2.72. The molecule has 0 spiro atoms. The largest absolute Gasteiger partial charge is 0.394 e. The maximum absolute atomic E-state index is 10.6. The number of para-hydroxylation sites is 1. The van der Waals surface area contributed by atoms with Crippen LogP contribution in [0.2, 0.25) is 0 Å². The van der Waals surface area contributed by atoms with Crippen LogP contribution < -0.4 is 0 Å². The van der Waals surface area contributed by atoms with Gasteiger partial charge in [-0.3, -0.25) is 10.1 Å². The first-order valence-electron chi connectivity index (χ1n) is 4.30. The third kappa shape index (κ3) is 3.50. The van der Waals surface area contributed by atoms with Crippen LogP contribution in [-0.2, 0) is 0 Å². The second-order valence-corrected chi connectivity index (χ2v) is 3.93. The quantitative estimate of drug-likeness (QED) is 0.448. The van der Waals surface area contributed by atoms with Crippen molar-refractivity contribution in [3.8, 4) is 0 Å². The van der Waals surface area contributed by atoms with Gasteiger partial charge in [-0.05, 0) is 6.07 Å². The maximum Gasteiger partial charge on any atom is 0.282 e. The van der Waals surface area contributed by atoms with Crippen molar-refractivity contribution < 1.29 is 15.1 Å². The number of aliphatic hydroxyl groups excluding tert-OH is 2. The summed E-state index contributed by atoms with van der Waals surface area (Å²) in [7, 11) is 0. The summed E-state index contributed by atoms with van der Waals surface area (Å²) in [6.45, 7) is -0.340. The van der Waals surface area contributed by atoms with E-state index in [1.54, 1.807) is 18.2 Å². The molecule has 0 heterocycles. The van der Waals surface area contributed by atoms with E-state index in [2.05, 4.69) is 0 Å². The first-order chi connectivity index (χ1) is 7.15. The third-order valence-corrected chi connectivity index (χ3v) is 2.91. The smallest absolute Gasteiger partial charge is 0.282 e. The number of nitro benzene ring substituents is 1. The molecule has 6 heteroatoms. The van der Waals surface area contributed by atoms with Gasteiger partial charge in [0.25, 0.3) is 5.69 Å². The van der Waals surface area contributed by atoms with Crippen molar-refractivity contribution in [2.75, 3.05) is 12.4 Å². The highest BCUT2D eigenvalue weighted by atomic mass is 32.2. The molecule has 82 valence electrons. The first kappa shape index (κ1) is 12.0. The molecular weight excluding hydrogens is 218 g/mol. The second-order valence-electron chi connectivity index (χ2n) is 2.87. The lowest BCUT2D eigenvalue weighted by Crippen LogP contribution is -2.14. The number of aliphatic hydroxyl groups is 2. The fourth-order valence-electron chi connectivity index (χ4n) is 0.969. The van der Waals surface area contributed by atoms with Gasteiger partial charge in [-0.15, -0.1) is 11.8 Å². The molecule has 1 unspecified atom stereocenters. The molecule has 0 fully saturated rings. The van der Waals surface area contributed by atoms with Crippen LogP contribution in [0.25, 0.3) is 0 Å². The molecule has 0 saturated heterocycles. The maximum atomic E-state index is 10.6. The summed E-state index contributed by atoms with van der Waals surface area (Å²) >= 11 is 1.16. The average Bonchev–Trinajstić information content (AvgIpc) is 2.26. The SMILES string of the molecule is O=[N+]([O-])c1ccccc1SCC(O)CO. The van der Waals surface area contributed by atoms with Gasteiger partial charge in [0.2, 0.25) is 0 Å². The Morgan fingerprint density at radius 3 is 2.73 bits per heavy atom. The van der Waals surface area contributed by atoms with Gasteiger partial charge in [-0.2, -0.15) is 0 Å². The Morgan fingerprint density at radius 2 is 2.13 bits per heavy atom. The summed E-state index contributed by atoms with van der Waals surface area (Å²) in [6, 6.07) is 6.31.